The zero-order chi connectivity index (χ0) is 15.0. The van der Waals surface area contributed by atoms with Crippen molar-refractivity contribution in [3.8, 4) is 0 Å². The average molecular weight is 327 g/mol. The summed E-state index contributed by atoms with van der Waals surface area (Å²) in [6, 6.07) is 4.88. The molecule has 0 aromatic heterocycles. The van der Waals surface area contributed by atoms with Gasteiger partial charge in [-0.2, -0.15) is 13.0 Å². The molecule has 2 aliphatic rings. The number of hydrogen-bond donors (Lipinski definition) is 0. The van der Waals surface area contributed by atoms with Crippen LogP contribution in [-0.4, -0.2) is 38.9 Å². The minimum Gasteiger partial charge on any atom is -0.469 e. The molecule has 0 saturated carbocycles. The van der Waals surface area contributed by atoms with Gasteiger partial charge in [0, 0.05) is 13.1 Å². The van der Waals surface area contributed by atoms with Crippen LogP contribution in [0.1, 0.15) is 6.42 Å². The van der Waals surface area contributed by atoms with E-state index in [0.717, 1.165) is 11.4 Å². The van der Waals surface area contributed by atoms with Gasteiger partial charge >= 0.3 is 5.97 Å². The summed E-state index contributed by atoms with van der Waals surface area (Å²) in [6.45, 7) is 0.443. The first-order valence-electron chi connectivity index (χ1n) is 6.33. The van der Waals surface area contributed by atoms with Gasteiger partial charge in [-0.25, -0.2) is 8.42 Å². The number of rotatable bonds is 3. The zero-order valence-corrected chi connectivity index (χ0v) is 12.9. The number of hydrogen-bond acceptors (Lipinski definition) is 6. The lowest BCUT2D eigenvalue weighted by Gasteiger charge is -2.17. The Morgan fingerprint density at radius 2 is 2.24 bits per heavy atom. The van der Waals surface area contributed by atoms with Crippen LogP contribution in [0.15, 0.2) is 31.8 Å². The van der Waals surface area contributed by atoms with Crippen molar-refractivity contribution >= 4 is 38.7 Å². The first-order chi connectivity index (χ1) is 10.0. The lowest BCUT2D eigenvalue weighted by atomic mass is 10.1. The second-order valence-electron chi connectivity index (χ2n) is 4.76. The van der Waals surface area contributed by atoms with Gasteiger partial charge in [0.15, 0.2) is 0 Å². The number of carbonyl (C=O) groups excluding carboxylic acids is 1. The van der Waals surface area contributed by atoms with Crippen LogP contribution in [0.25, 0.3) is 0 Å². The van der Waals surface area contributed by atoms with Crippen LogP contribution >= 0.6 is 0 Å². The lowest BCUT2D eigenvalue weighted by Crippen LogP contribution is -2.30. The van der Waals surface area contributed by atoms with E-state index in [9.17, 15) is 13.2 Å². The highest BCUT2D eigenvalue weighted by Gasteiger charge is 2.37. The molecule has 1 saturated heterocycles. The van der Waals surface area contributed by atoms with Crippen molar-refractivity contribution in [3.05, 3.63) is 18.2 Å². The first kappa shape index (κ1) is 14.4. The minimum atomic E-state index is -3.68. The molecule has 0 spiro atoms. The van der Waals surface area contributed by atoms with Crippen LogP contribution in [-0.2, 0) is 30.9 Å². The van der Waals surface area contributed by atoms with Crippen LogP contribution in [0.5, 0.6) is 0 Å². The number of fused-ring (bicyclic) bond motifs is 1. The van der Waals surface area contributed by atoms with E-state index in [1.54, 1.807) is 12.1 Å². The molecule has 0 aliphatic carbocycles. The van der Waals surface area contributed by atoms with Crippen molar-refractivity contribution < 1.29 is 17.9 Å². The molecule has 112 valence electrons. The summed E-state index contributed by atoms with van der Waals surface area (Å²) in [4.78, 5) is 11.7. The molecule has 1 aromatic rings. The molecule has 2 heterocycles. The SMILES string of the molecule is COC(=O)C1CCN(S(=O)(=O)c2cccc3c2N=S=N3)C1. The Balaban J connectivity index is 1.91. The Labute approximate surface area is 125 Å². The number of ether oxygens (including phenoxy) is 1. The molecule has 1 aromatic carbocycles. The quantitative estimate of drug-likeness (QED) is 0.801. The summed E-state index contributed by atoms with van der Waals surface area (Å²) in [6.07, 6.45) is 0.469. The molecule has 1 unspecified atom stereocenters. The first-order valence-corrected chi connectivity index (χ1v) is 8.50. The Bertz CT molecular complexity index is 769. The van der Waals surface area contributed by atoms with Crippen LogP contribution < -0.4 is 0 Å². The molecule has 3 rings (SSSR count). The summed E-state index contributed by atoms with van der Waals surface area (Å²) >= 11 is 0.978. The van der Waals surface area contributed by atoms with Crippen molar-refractivity contribution in [3.63, 3.8) is 0 Å². The van der Waals surface area contributed by atoms with Gasteiger partial charge in [-0.3, -0.25) is 4.79 Å². The Morgan fingerprint density at radius 3 is 3.00 bits per heavy atom. The highest BCUT2D eigenvalue weighted by molar-refractivity contribution is 7.89. The number of methoxy groups -OCH3 is 1. The van der Waals surface area contributed by atoms with E-state index in [-0.39, 0.29) is 17.4 Å². The smallest absolute Gasteiger partial charge is 0.310 e. The van der Waals surface area contributed by atoms with Crippen molar-refractivity contribution in [2.75, 3.05) is 20.2 Å². The Morgan fingerprint density at radius 1 is 1.43 bits per heavy atom. The fourth-order valence-corrected chi connectivity index (χ4v) is 4.69. The third kappa shape index (κ3) is 2.41. The van der Waals surface area contributed by atoms with E-state index in [4.69, 9.17) is 0 Å². The monoisotopic (exact) mass is 327 g/mol. The average Bonchev–Trinajstić information content (AvgIpc) is 3.14. The molecule has 7 nitrogen and oxygen atoms in total. The topological polar surface area (TPSA) is 88.4 Å². The molecular formula is C12H13N3O4S2. The third-order valence-electron chi connectivity index (χ3n) is 3.55. The standard InChI is InChI=1S/C12H13N3O4S2/c1-19-12(16)8-5-6-15(7-8)21(17,18)10-4-2-3-9-11(10)14-20-13-9/h2-4,8H,5-7H2,1H3. The lowest BCUT2D eigenvalue weighted by molar-refractivity contribution is -0.144. The molecule has 0 radical (unpaired) electrons. The second-order valence-corrected chi connectivity index (χ2v) is 7.19. The molecule has 1 atom stereocenters. The van der Waals surface area contributed by atoms with Crippen molar-refractivity contribution in [2.45, 2.75) is 11.3 Å². The fourth-order valence-electron chi connectivity index (χ4n) is 2.43. The van der Waals surface area contributed by atoms with Crippen LogP contribution in [0.4, 0.5) is 11.4 Å². The van der Waals surface area contributed by atoms with E-state index in [2.05, 4.69) is 13.5 Å². The van der Waals surface area contributed by atoms with Gasteiger partial charge in [-0.15, -0.1) is 0 Å². The van der Waals surface area contributed by atoms with Gasteiger partial charge in [0.2, 0.25) is 10.0 Å². The van der Waals surface area contributed by atoms with E-state index in [0.29, 0.717) is 24.3 Å². The van der Waals surface area contributed by atoms with Crippen molar-refractivity contribution in [2.24, 2.45) is 14.6 Å². The van der Waals surface area contributed by atoms with Crippen molar-refractivity contribution in [1.29, 1.82) is 0 Å². The molecule has 21 heavy (non-hydrogen) atoms. The maximum Gasteiger partial charge on any atom is 0.310 e. The largest absolute Gasteiger partial charge is 0.469 e. The third-order valence-corrected chi connectivity index (χ3v) is 5.99. The van der Waals surface area contributed by atoms with E-state index in [1.165, 1.54) is 17.5 Å². The predicted octanol–water partition coefficient (Wildman–Crippen LogP) is 1.60. The zero-order valence-electron chi connectivity index (χ0n) is 11.2. The summed E-state index contributed by atoms with van der Waals surface area (Å²) in [7, 11) is -2.37. The normalized spacial score (nSPS) is 21.1. The number of esters is 1. The molecule has 9 heteroatoms. The summed E-state index contributed by atoms with van der Waals surface area (Å²) < 4.78 is 39.5. The maximum atomic E-state index is 12.7. The van der Waals surface area contributed by atoms with Gasteiger partial charge in [0.05, 0.1) is 24.4 Å². The molecule has 0 bridgehead atoms. The molecule has 2 aliphatic heterocycles. The van der Waals surface area contributed by atoms with Gasteiger partial charge in [0.25, 0.3) is 0 Å². The van der Waals surface area contributed by atoms with E-state index >= 15 is 0 Å². The predicted molar refractivity (Wildman–Crippen MR) is 76.9 cm³/mol. The van der Waals surface area contributed by atoms with Crippen molar-refractivity contribution in [1.82, 2.24) is 4.31 Å². The van der Waals surface area contributed by atoms with Gasteiger partial charge < -0.3 is 4.74 Å². The van der Waals surface area contributed by atoms with E-state index in [1.807, 2.05) is 0 Å². The molecule has 0 N–H and O–H groups in total. The molecule has 1 fully saturated rings. The molecular weight excluding hydrogens is 314 g/mol. The van der Waals surface area contributed by atoms with Crippen LogP contribution in [0, 0.1) is 5.92 Å². The molecule has 0 amide bonds. The number of benzene rings is 1. The Kier molecular flexibility index (Phi) is 3.64. The summed E-state index contributed by atoms with van der Waals surface area (Å²) in [5.74, 6) is -0.779. The second kappa shape index (κ2) is 5.32. The minimum absolute atomic E-state index is 0.138. The fraction of sp³-hybridized carbons (Fsp3) is 0.417. The number of sulfonamides is 1. The summed E-state index contributed by atoms with van der Waals surface area (Å²) in [5, 5.41) is 0. The highest BCUT2D eigenvalue weighted by atomic mass is 32.2. The van der Waals surface area contributed by atoms with Crippen LogP contribution in [0.3, 0.4) is 0 Å². The number of carbonyl (C=O) groups is 1. The van der Waals surface area contributed by atoms with Gasteiger partial charge in [-0.05, 0) is 18.6 Å². The van der Waals surface area contributed by atoms with Gasteiger partial charge in [-0.1, -0.05) is 6.07 Å². The van der Waals surface area contributed by atoms with Gasteiger partial charge in [0.1, 0.15) is 16.3 Å². The number of nitrogens with zero attached hydrogens (tertiary/aromatic N) is 3. The highest BCUT2D eigenvalue weighted by Crippen LogP contribution is 2.39. The van der Waals surface area contributed by atoms with E-state index < -0.39 is 15.9 Å². The maximum absolute atomic E-state index is 12.7. The Hall–Kier alpha value is -1.58. The summed E-state index contributed by atoms with van der Waals surface area (Å²) in [5.41, 5.74) is 0.939. The van der Waals surface area contributed by atoms with Crippen LogP contribution in [0.2, 0.25) is 0 Å².